The molecule has 4 atom stereocenters. The molecule has 3 fully saturated rings. The number of fused-ring (bicyclic) bond motifs is 4. The normalized spacial score (nSPS) is 17.3. The molecule has 12 aromatic rings. The molecule has 20 nitrogen and oxygen atoms in total. The molecule has 0 spiro atoms. The zero-order valence-corrected chi connectivity index (χ0v) is 57.8. The third-order valence-corrected chi connectivity index (χ3v) is 18.6. The van der Waals surface area contributed by atoms with Crippen molar-refractivity contribution < 1.29 is 38.8 Å². The number of imidazole rings is 4. The average molecular weight is 1490 g/mol. The Balaban J connectivity index is 0.000000144. The molecule has 12 N–H and O–H groups in total. The van der Waals surface area contributed by atoms with E-state index < -0.39 is 36.3 Å². The third-order valence-electron chi connectivity index (χ3n) is 17.8. The Morgan fingerprint density at radius 2 is 1.23 bits per heavy atom. The van der Waals surface area contributed by atoms with Crippen molar-refractivity contribution >= 4 is 131 Å². The molecule has 3 aliphatic rings. The minimum Gasteiger partial charge on any atom is -0.473 e. The van der Waals surface area contributed by atoms with Crippen LogP contribution in [-0.2, 0) is 9.53 Å². The van der Waals surface area contributed by atoms with Gasteiger partial charge in [-0.2, -0.15) is 0 Å². The van der Waals surface area contributed by atoms with Gasteiger partial charge in [0.05, 0.1) is 60.8 Å². The third kappa shape index (κ3) is 16.2. The Kier molecular flexibility index (Phi) is 22.5. The van der Waals surface area contributed by atoms with Gasteiger partial charge in [0, 0.05) is 51.8 Å². The molecule has 1 saturated heterocycles. The smallest absolute Gasteiger partial charge is 0.255 e. The van der Waals surface area contributed by atoms with Crippen LogP contribution in [0, 0.1) is 5.82 Å². The van der Waals surface area contributed by atoms with Gasteiger partial charge in [-0.1, -0.05) is 133 Å². The highest BCUT2D eigenvalue weighted by Crippen LogP contribution is 2.40. The number of aromatic amines is 2. The Bertz CT molecular complexity index is 4730. The van der Waals surface area contributed by atoms with Crippen molar-refractivity contribution in [3.05, 3.63) is 215 Å². The van der Waals surface area contributed by atoms with Gasteiger partial charge >= 0.3 is 0 Å². The SMILES string of the molecule is CI.NC(=O)/C=C(/c1ccc2nc(N)n(C3CCCC3)c2c1)c1ccccc1F.O=C(Nc1ccc(-c2nc3ccccc3[nH]2)cc1)c1ccc(OCNc2ccc(-c3nc4ccccc4[nH]3)cc2)cc1.OC[C@@H]1O[C@@H](n2c(NC3CCCCCC3)nc3cc(Cl)c(Cl)cc32)[C@H](O)[C@H]1O. The molecule has 15 rings (SSSR count). The van der Waals surface area contributed by atoms with Gasteiger partial charge in [0.25, 0.3) is 5.91 Å². The molecule has 8 aromatic carbocycles. The summed E-state index contributed by atoms with van der Waals surface area (Å²) < 4.78 is 29.8. The van der Waals surface area contributed by atoms with Crippen LogP contribution in [-0.4, -0.2) is 109 Å². The molecule has 4 aromatic heterocycles. The number of carbonyl (C=O) groups excluding carboxylic acids is 2. The first-order valence-electron chi connectivity index (χ1n) is 32.8. The molecular formula is C75H75Cl2FIN13O7. The molecule has 2 saturated carbocycles. The van der Waals surface area contributed by atoms with E-state index in [1.54, 1.807) is 59.2 Å². The topological polar surface area (TPSA) is 294 Å². The second-order valence-electron chi connectivity index (χ2n) is 24.3. The molecule has 5 heterocycles. The van der Waals surface area contributed by atoms with Crippen molar-refractivity contribution in [3.8, 4) is 28.5 Å². The van der Waals surface area contributed by atoms with Crippen LogP contribution in [0.5, 0.6) is 5.75 Å². The first kappa shape index (κ1) is 69.5. The average Bonchev–Trinajstić information content (AvgIpc) is 1.63. The van der Waals surface area contributed by atoms with Crippen LogP contribution in [0.15, 0.2) is 182 Å². The second kappa shape index (κ2) is 32.1. The zero-order valence-electron chi connectivity index (χ0n) is 54.1. The monoisotopic (exact) mass is 1490 g/mol. The van der Waals surface area contributed by atoms with Crippen molar-refractivity contribution in [2.45, 2.75) is 101 Å². The number of rotatable bonds is 16. The predicted molar refractivity (Wildman–Crippen MR) is 399 cm³/mol. The van der Waals surface area contributed by atoms with Crippen LogP contribution in [0.4, 0.5) is 27.7 Å². The van der Waals surface area contributed by atoms with Gasteiger partial charge in [-0.3, -0.25) is 14.2 Å². The molecule has 2 amide bonds. The van der Waals surface area contributed by atoms with Gasteiger partial charge in [0.2, 0.25) is 17.8 Å². The number of alkyl halides is 1. The fourth-order valence-corrected chi connectivity index (χ4v) is 13.2. The number of aliphatic hydroxyl groups excluding tert-OH is 3. The highest BCUT2D eigenvalue weighted by atomic mass is 127. The summed E-state index contributed by atoms with van der Waals surface area (Å²) in [5.74, 6) is 2.08. The number of nitrogens with zero attached hydrogens (tertiary/aromatic N) is 6. The zero-order chi connectivity index (χ0) is 69.1. The molecule has 0 bridgehead atoms. The van der Waals surface area contributed by atoms with E-state index in [9.17, 15) is 29.3 Å². The number of nitrogen functional groups attached to an aromatic ring is 1. The van der Waals surface area contributed by atoms with Crippen molar-refractivity contribution in [1.82, 2.24) is 39.0 Å². The summed E-state index contributed by atoms with van der Waals surface area (Å²) in [6.07, 6.45) is 8.43. The lowest BCUT2D eigenvalue weighted by Crippen LogP contribution is -2.33. The number of para-hydroxylation sites is 4. The number of hydrogen-bond acceptors (Lipinski definition) is 14. The van der Waals surface area contributed by atoms with Crippen molar-refractivity contribution in [2.24, 2.45) is 5.73 Å². The van der Waals surface area contributed by atoms with Gasteiger partial charge in [-0.25, -0.2) is 24.3 Å². The van der Waals surface area contributed by atoms with Crippen LogP contribution in [0.1, 0.15) is 98.0 Å². The Morgan fingerprint density at radius 1 is 0.657 bits per heavy atom. The van der Waals surface area contributed by atoms with Crippen LogP contribution >= 0.6 is 45.8 Å². The molecule has 0 unspecified atom stereocenters. The van der Waals surface area contributed by atoms with Crippen molar-refractivity contribution in [2.75, 3.05) is 40.0 Å². The first-order valence-corrected chi connectivity index (χ1v) is 35.7. The summed E-state index contributed by atoms with van der Waals surface area (Å²) >= 11 is 14.5. The number of nitrogens with one attached hydrogen (secondary N) is 5. The number of hydrogen-bond donors (Lipinski definition) is 10. The number of aromatic nitrogens is 8. The summed E-state index contributed by atoms with van der Waals surface area (Å²) in [6, 6.07) is 54.4. The van der Waals surface area contributed by atoms with E-state index in [1.807, 2.05) is 120 Å². The fraction of sp³-hybridized carbons (Fsp3) is 0.253. The van der Waals surface area contributed by atoms with E-state index in [4.69, 9.17) is 44.1 Å². The minimum absolute atomic E-state index is 0.194. The predicted octanol–water partition coefficient (Wildman–Crippen LogP) is 15.4. The van der Waals surface area contributed by atoms with Gasteiger partial charge in [-0.05, 0) is 169 Å². The van der Waals surface area contributed by atoms with E-state index in [-0.39, 0.29) is 25.3 Å². The first-order chi connectivity index (χ1) is 48.2. The molecule has 1 aliphatic heterocycles. The number of nitrogens with two attached hydrogens (primary N) is 2. The lowest BCUT2D eigenvalue weighted by Gasteiger charge is -2.23. The van der Waals surface area contributed by atoms with Gasteiger partial charge in [-0.15, -0.1) is 0 Å². The quantitative estimate of drug-likeness (QED) is 0.0142. The van der Waals surface area contributed by atoms with Gasteiger partial charge < -0.3 is 66.7 Å². The number of anilines is 4. The molecule has 24 heteroatoms. The standard InChI is InChI=1S/C34H26N6O2.C21H21FN4O.C19H25Cl2N3O4.CH3I/c41-34(36-26-17-11-23(12-18-26)33-39-30-7-3-4-8-31(30)40-33)24-13-19-27(20-14-24)42-21-35-25-15-9-22(10-16-25)32-37-28-5-1-2-6-29(28)38-32;22-17-8-4-3-7-15(17)16(12-20(23)27)13-9-10-18-19(11-13)26(21(24)25-18)14-5-1-2-6-14;20-11-7-13-14(8-12(11)21)24(18-17(27)16(26)15(9-25)28-18)19(23-13)22-10-5-3-1-2-4-6-10;1-2/h1-20,35H,21H2,(H,36,41)(H,37,38)(H,39,40);3-4,7-12,14H,1-2,5-6H2,(H2,23,27)(H2,24,25);7-8,10,15-18,25-27H,1-6,9H2,(H,22,23);1H3/b;16-12-;;/t;;15-,16-,17+,18+;/m..0./s1. The lowest BCUT2D eigenvalue weighted by molar-refractivity contribution is -0.113. The number of aliphatic hydroxyl groups is 3. The maximum absolute atomic E-state index is 14.4. The van der Waals surface area contributed by atoms with Gasteiger partial charge in [0.15, 0.2) is 13.0 Å². The number of amides is 2. The lowest BCUT2D eigenvalue weighted by atomic mass is 9.96. The fourth-order valence-electron chi connectivity index (χ4n) is 12.9. The minimum atomic E-state index is -1.21. The molecule has 510 valence electrons. The van der Waals surface area contributed by atoms with Gasteiger partial charge in [0.1, 0.15) is 41.5 Å². The molecule has 0 radical (unpaired) electrons. The van der Waals surface area contributed by atoms with Crippen LogP contribution in [0.25, 0.3) is 72.5 Å². The summed E-state index contributed by atoms with van der Waals surface area (Å²) in [5, 5.41) is 40.7. The second-order valence-corrected chi connectivity index (χ2v) is 25.2. The number of ether oxygens (including phenoxy) is 2. The van der Waals surface area contributed by atoms with Crippen molar-refractivity contribution in [1.29, 1.82) is 0 Å². The van der Waals surface area contributed by atoms with E-state index in [2.05, 4.69) is 73.0 Å². The summed E-state index contributed by atoms with van der Waals surface area (Å²) in [7, 11) is 0. The highest BCUT2D eigenvalue weighted by Gasteiger charge is 2.45. The van der Waals surface area contributed by atoms with E-state index in [0.717, 1.165) is 100 Å². The Labute approximate surface area is 594 Å². The molecule has 2 aliphatic carbocycles. The largest absolute Gasteiger partial charge is 0.473 e. The Hall–Kier alpha value is -9.40. The summed E-state index contributed by atoms with van der Waals surface area (Å²) in [5.41, 5.74) is 24.0. The van der Waals surface area contributed by atoms with Crippen LogP contribution in [0.2, 0.25) is 10.0 Å². The number of halogens is 4. The number of carbonyl (C=O) groups is 2. The summed E-state index contributed by atoms with van der Waals surface area (Å²) in [4.78, 5) is 51.4. The number of H-pyrrole nitrogens is 2. The van der Waals surface area contributed by atoms with E-state index >= 15 is 0 Å². The van der Waals surface area contributed by atoms with Crippen LogP contribution in [0.3, 0.4) is 0 Å². The maximum Gasteiger partial charge on any atom is 0.255 e. The summed E-state index contributed by atoms with van der Waals surface area (Å²) in [6.45, 7) is -0.105. The highest BCUT2D eigenvalue weighted by molar-refractivity contribution is 14.1. The van der Waals surface area contributed by atoms with E-state index in [0.29, 0.717) is 72.7 Å². The number of benzene rings is 8. The molecule has 99 heavy (non-hydrogen) atoms. The maximum atomic E-state index is 14.4. The number of primary amides is 1. The van der Waals surface area contributed by atoms with Crippen LogP contribution < -0.4 is 32.2 Å². The van der Waals surface area contributed by atoms with E-state index in [1.165, 1.54) is 37.8 Å². The Morgan fingerprint density at radius 3 is 1.84 bits per heavy atom. The van der Waals surface area contributed by atoms with Crippen molar-refractivity contribution in [3.63, 3.8) is 0 Å². The molecular weight excluding hydrogens is 1410 g/mol.